The lowest BCUT2D eigenvalue weighted by Crippen LogP contribution is -2.30. The van der Waals surface area contributed by atoms with Gasteiger partial charge in [0.1, 0.15) is 0 Å². The van der Waals surface area contributed by atoms with Gasteiger partial charge in [-0.2, -0.15) is 0 Å². The number of rotatable bonds is 0. The van der Waals surface area contributed by atoms with Gasteiger partial charge in [0.05, 0.1) is 5.38 Å². The minimum atomic E-state index is -0.326. The van der Waals surface area contributed by atoms with Crippen LogP contribution in [0.4, 0.5) is 0 Å². The number of allylic oxidation sites excluding steroid dienone is 2. The Morgan fingerprint density at radius 3 is 2.38 bits per heavy atom. The molecule has 0 saturated heterocycles. The lowest BCUT2D eigenvalue weighted by atomic mass is 9.82. The van der Waals surface area contributed by atoms with E-state index in [0.29, 0.717) is 0 Å². The van der Waals surface area contributed by atoms with Gasteiger partial charge in [-0.05, 0) is 26.7 Å². The Balaban J connectivity index is 3.02. The van der Waals surface area contributed by atoms with Gasteiger partial charge in [-0.25, -0.2) is 0 Å². The number of alkyl halides is 1. The molecule has 1 nitrogen and oxygen atoms in total. The monoisotopic (exact) mass is 200 g/mol. The molecule has 0 spiro atoms. The average Bonchev–Trinajstić information content (AvgIpc) is 2.05. The van der Waals surface area contributed by atoms with Crippen molar-refractivity contribution in [1.82, 2.24) is 0 Å². The Morgan fingerprint density at radius 1 is 1.31 bits per heavy atom. The van der Waals surface area contributed by atoms with Gasteiger partial charge in [-0.1, -0.05) is 25.0 Å². The van der Waals surface area contributed by atoms with Gasteiger partial charge in [0.15, 0.2) is 5.78 Å². The van der Waals surface area contributed by atoms with Crippen LogP contribution in [0.5, 0.6) is 0 Å². The number of carbonyl (C=O) groups excluding carboxylic acids is 1. The molecule has 0 radical (unpaired) electrons. The zero-order chi connectivity index (χ0) is 10.2. The van der Waals surface area contributed by atoms with Crippen molar-refractivity contribution < 1.29 is 4.79 Å². The first kappa shape index (κ1) is 10.8. The molecule has 1 atom stereocenters. The topological polar surface area (TPSA) is 17.1 Å². The molecule has 0 bridgehead atoms. The van der Waals surface area contributed by atoms with Gasteiger partial charge in [0, 0.05) is 5.41 Å². The molecule has 1 rings (SSSR count). The van der Waals surface area contributed by atoms with Gasteiger partial charge in [0.25, 0.3) is 0 Å². The molecule has 0 aromatic carbocycles. The molecule has 0 fully saturated rings. The molecule has 0 aliphatic heterocycles. The third-order valence-electron chi connectivity index (χ3n) is 2.87. The molecule has 13 heavy (non-hydrogen) atoms. The van der Waals surface area contributed by atoms with Crippen LogP contribution in [0.15, 0.2) is 11.1 Å². The van der Waals surface area contributed by atoms with E-state index < -0.39 is 0 Å². The van der Waals surface area contributed by atoms with Crippen LogP contribution in [-0.2, 0) is 4.79 Å². The van der Waals surface area contributed by atoms with E-state index >= 15 is 0 Å². The summed E-state index contributed by atoms with van der Waals surface area (Å²) in [5, 5.41) is -0.326. The number of halogens is 1. The smallest absolute Gasteiger partial charge is 0.156 e. The molecule has 1 aliphatic rings. The number of hydrogen-bond acceptors (Lipinski definition) is 1. The summed E-state index contributed by atoms with van der Waals surface area (Å²) in [5.41, 5.74) is 2.31. The highest BCUT2D eigenvalue weighted by atomic mass is 35.5. The van der Waals surface area contributed by atoms with Crippen LogP contribution < -0.4 is 0 Å². The summed E-state index contributed by atoms with van der Waals surface area (Å²) >= 11 is 6.03. The van der Waals surface area contributed by atoms with Crippen LogP contribution in [0.2, 0.25) is 0 Å². The van der Waals surface area contributed by atoms with Gasteiger partial charge < -0.3 is 0 Å². The maximum Gasteiger partial charge on any atom is 0.156 e. The first-order valence-electron chi connectivity index (χ1n) is 4.68. The Hall–Kier alpha value is -0.300. The van der Waals surface area contributed by atoms with Crippen LogP contribution in [0.3, 0.4) is 0 Å². The lowest BCUT2D eigenvalue weighted by molar-refractivity contribution is -0.126. The summed E-state index contributed by atoms with van der Waals surface area (Å²) in [6, 6.07) is 0. The van der Waals surface area contributed by atoms with Gasteiger partial charge >= 0.3 is 0 Å². The standard InChI is InChI=1S/C11H17ClO/c1-7-5-9(12)10(13)11(3,4)6-8(7)2/h9H,5-6H2,1-4H3. The third-order valence-corrected chi connectivity index (χ3v) is 3.23. The molecule has 1 aliphatic carbocycles. The number of hydrogen-bond donors (Lipinski definition) is 0. The molecular weight excluding hydrogens is 184 g/mol. The fourth-order valence-corrected chi connectivity index (χ4v) is 2.39. The van der Waals surface area contributed by atoms with Crippen molar-refractivity contribution in [2.75, 3.05) is 0 Å². The molecule has 74 valence electrons. The highest BCUT2D eigenvalue weighted by molar-refractivity contribution is 6.32. The van der Waals surface area contributed by atoms with Gasteiger partial charge in [-0.3, -0.25) is 4.79 Å². The quantitative estimate of drug-likeness (QED) is 0.433. The van der Waals surface area contributed by atoms with Crippen molar-refractivity contribution in [2.45, 2.75) is 45.9 Å². The summed E-state index contributed by atoms with van der Waals surface area (Å²) in [6.45, 7) is 8.12. The third kappa shape index (κ3) is 2.14. The minimum absolute atomic E-state index is 0.186. The molecule has 0 heterocycles. The summed E-state index contributed by atoms with van der Waals surface area (Å²) in [6.07, 6.45) is 1.57. The molecule has 0 amide bonds. The van der Waals surface area contributed by atoms with E-state index in [1.54, 1.807) is 0 Å². The Labute approximate surface area is 85.2 Å². The predicted molar refractivity (Wildman–Crippen MR) is 56.0 cm³/mol. The first-order chi connectivity index (χ1) is 5.84. The Kier molecular flexibility index (Phi) is 2.86. The van der Waals surface area contributed by atoms with Gasteiger partial charge in [0.2, 0.25) is 0 Å². The maximum atomic E-state index is 11.8. The van der Waals surface area contributed by atoms with E-state index in [0.717, 1.165) is 12.8 Å². The molecular formula is C11H17ClO. The highest BCUT2D eigenvalue weighted by Gasteiger charge is 2.35. The van der Waals surface area contributed by atoms with E-state index in [1.165, 1.54) is 11.1 Å². The van der Waals surface area contributed by atoms with Crippen molar-refractivity contribution in [1.29, 1.82) is 0 Å². The van der Waals surface area contributed by atoms with Crippen LogP contribution >= 0.6 is 11.6 Å². The summed E-state index contributed by atoms with van der Waals surface area (Å²) in [4.78, 5) is 11.8. The van der Waals surface area contributed by atoms with E-state index in [2.05, 4.69) is 13.8 Å². The van der Waals surface area contributed by atoms with Crippen molar-refractivity contribution >= 4 is 17.4 Å². The Bertz CT molecular complexity index is 263. The normalized spacial score (nSPS) is 29.0. The van der Waals surface area contributed by atoms with Crippen molar-refractivity contribution in [3.63, 3.8) is 0 Å². The second kappa shape index (κ2) is 3.45. The summed E-state index contributed by atoms with van der Waals surface area (Å²) in [7, 11) is 0. The zero-order valence-corrected chi connectivity index (χ0v) is 9.53. The van der Waals surface area contributed by atoms with E-state index in [4.69, 9.17) is 11.6 Å². The summed E-state index contributed by atoms with van der Waals surface area (Å²) in [5.74, 6) is 0.186. The second-order valence-electron chi connectivity index (χ2n) is 4.66. The van der Waals surface area contributed by atoms with E-state index in [-0.39, 0.29) is 16.6 Å². The van der Waals surface area contributed by atoms with Crippen molar-refractivity contribution in [3.05, 3.63) is 11.1 Å². The average molecular weight is 201 g/mol. The maximum absolute atomic E-state index is 11.8. The van der Waals surface area contributed by atoms with E-state index in [9.17, 15) is 4.79 Å². The Morgan fingerprint density at radius 2 is 1.85 bits per heavy atom. The largest absolute Gasteiger partial charge is 0.297 e. The van der Waals surface area contributed by atoms with Crippen molar-refractivity contribution in [3.8, 4) is 0 Å². The fraction of sp³-hybridized carbons (Fsp3) is 0.727. The fourth-order valence-electron chi connectivity index (χ4n) is 1.86. The van der Waals surface area contributed by atoms with Crippen LogP contribution in [-0.4, -0.2) is 11.2 Å². The number of ketones is 1. The molecule has 0 N–H and O–H groups in total. The molecule has 2 heteroatoms. The second-order valence-corrected chi connectivity index (χ2v) is 5.18. The van der Waals surface area contributed by atoms with Crippen LogP contribution in [0, 0.1) is 5.41 Å². The van der Waals surface area contributed by atoms with E-state index in [1.807, 2.05) is 13.8 Å². The minimum Gasteiger partial charge on any atom is -0.297 e. The zero-order valence-electron chi connectivity index (χ0n) is 8.78. The first-order valence-corrected chi connectivity index (χ1v) is 5.12. The lowest BCUT2D eigenvalue weighted by Gasteiger charge is -2.22. The molecule has 0 saturated carbocycles. The van der Waals surface area contributed by atoms with Crippen LogP contribution in [0.25, 0.3) is 0 Å². The van der Waals surface area contributed by atoms with Crippen LogP contribution in [0.1, 0.15) is 40.5 Å². The highest BCUT2D eigenvalue weighted by Crippen LogP contribution is 2.35. The van der Waals surface area contributed by atoms with Gasteiger partial charge in [-0.15, -0.1) is 11.6 Å². The summed E-state index contributed by atoms with van der Waals surface area (Å²) < 4.78 is 0. The number of Topliss-reactive ketones (excluding diaryl/α,β-unsaturated/α-hetero) is 1. The van der Waals surface area contributed by atoms with Crippen molar-refractivity contribution in [2.24, 2.45) is 5.41 Å². The predicted octanol–water partition coefficient (Wildman–Crippen LogP) is 3.32. The molecule has 0 aromatic heterocycles. The molecule has 1 unspecified atom stereocenters. The number of carbonyl (C=O) groups is 1. The SMILES string of the molecule is CC1=C(C)CC(C)(C)C(=O)C(Cl)C1. The molecule has 0 aromatic rings.